The van der Waals surface area contributed by atoms with Gasteiger partial charge in [0.05, 0.1) is 0 Å². The summed E-state index contributed by atoms with van der Waals surface area (Å²) in [7, 11) is 0. The maximum atomic E-state index is 11.2. The predicted molar refractivity (Wildman–Crippen MR) is 93.4 cm³/mol. The van der Waals surface area contributed by atoms with Crippen LogP contribution in [0.5, 0.6) is 0 Å². The molecule has 0 saturated heterocycles. The average molecular weight is 295 g/mol. The summed E-state index contributed by atoms with van der Waals surface area (Å²) in [6.07, 6.45) is 8.79. The van der Waals surface area contributed by atoms with E-state index in [1.54, 1.807) is 0 Å². The van der Waals surface area contributed by atoms with E-state index in [2.05, 4.69) is 54.8 Å². The fourth-order valence-electron chi connectivity index (χ4n) is 2.56. The first-order valence-electron chi connectivity index (χ1n) is 8.03. The van der Waals surface area contributed by atoms with Crippen LogP contribution in [0, 0.1) is 13.8 Å². The van der Waals surface area contributed by atoms with Gasteiger partial charge in [-0.15, -0.1) is 0 Å². The minimum atomic E-state index is 0.780. The number of nitrogens with zero attached hydrogens (tertiary/aromatic N) is 1. The molecule has 0 radical (unpaired) electrons. The molecule has 2 nitrogen and oxygen atoms in total. The van der Waals surface area contributed by atoms with E-state index in [1.807, 2.05) is 13.0 Å². The molecule has 116 valence electrons. The third-order valence-electron chi connectivity index (χ3n) is 4.04. The number of rotatable bonds is 7. The lowest BCUT2D eigenvalue weighted by Gasteiger charge is -2.10. The van der Waals surface area contributed by atoms with Crippen LogP contribution in [-0.4, -0.2) is 10.9 Å². The highest BCUT2D eigenvalue weighted by molar-refractivity contribution is 5.78. The molecule has 1 aromatic carbocycles. The highest BCUT2D eigenvalue weighted by Crippen LogP contribution is 2.18. The van der Waals surface area contributed by atoms with E-state index in [-0.39, 0.29) is 0 Å². The van der Waals surface area contributed by atoms with E-state index in [9.17, 15) is 4.79 Å². The van der Waals surface area contributed by atoms with E-state index in [0.717, 1.165) is 36.2 Å². The van der Waals surface area contributed by atoms with Crippen LogP contribution in [0.25, 0.3) is 6.08 Å². The normalized spacial score (nSPS) is 11.2. The molecule has 0 fully saturated rings. The van der Waals surface area contributed by atoms with Crippen molar-refractivity contribution >= 4 is 12.4 Å². The first-order chi connectivity index (χ1) is 10.7. The number of allylic oxidation sites excluding steroid dienone is 1. The van der Waals surface area contributed by atoms with Crippen molar-refractivity contribution in [1.82, 2.24) is 4.57 Å². The molecule has 0 N–H and O–H groups in total. The average Bonchev–Trinajstić information content (AvgIpc) is 2.82. The van der Waals surface area contributed by atoms with Crippen LogP contribution in [0.1, 0.15) is 59.1 Å². The highest BCUT2D eigenvalue weighted by atomic mass is 16.1. The summed E-state index contributed by atoms with van der Waals surface area (Å²) < 4.78 is 2.22. The lowest BCUT2D eigenvalue weighted by atomic mass is 10.1. The van der Waals surface area contributed by atoms with E-state index < -0.39 is 0 Å². The van der Waals surface area contributed by atoms with Gasteiger partial charge in [-0.25, -0.2) is 0 Å². The quantitative estimate of drug-likeness (QED) is 0.510. The van der Waals surface area contributed by atoms with Crippen LogP contribution in [0.3, 0.4) is 0 Å². The molecule has 2 aromatic rings. The number of unbranched alkanes of at least 4 members (excludes halogenated alkanes) is 2. The van der Waals surface area contributed by atoms with E-state index in [1.165, 1.54) is 24.0 Å². The Bertz CT molecular complexity index is 647. The third kappa shape index (κ3) is 3.97. The smallest absolute Gasteiger partial charge is 0.151 e. The summed E-state index contributed by atoms with van der Waals surface area (Å²) in [5.74, 6) is 0. The lowest BCUT2D eigenvalue weighted by molar-refractivity contribution is 0.112. The summed E-state index contributed by atoms with van der Waals surface area (Å²) in [5.41, 5.74) is 5.44. The number of carbonyl (C=O) groups excluding carboxylic acids is 1. The molecule has 0 atom stereocenters. The van der Waals surface area contributed by atoms with Gasteiger partial charge in [0.2, 0.25) is 0 Å². The van der Waals surface area contributed by atoms with Crippen molar-refractivity contribution in [3.05, 3.63) is 64.5 Å². The topological polar surface area (TPSA) is 22.0 Å². The minimum Gasteiger partial charge on any atom is -0.340 e. The van der Waals surface area contributed by atoms with Gasteiger partial charge < -0.3 is 4.57 Å². The molecule has 0 bridgehead atoms. The molecule has 2 heteroatoms. The van der Waals surface area contributed by atoms with Gasteiger partial charge in [-0.1, -0.05) is 55.7 Å². The lowest BCUT2D eigenvalue weighted by Crippen LogP contribution is -2.04. The molecule has 0 aliphatic heterocycles. The van der Waals surface area contributed by atoms with E-state index >= 15 is 0 Å². The monoisotopic (exact) mass is 295 g/mol. The molecule has 0 saturated carbocycles. The molecule has 1 aromatic heterocycles. The van der Waals surface area contributed by atoms with Crippen LogP contribution in [0.4, 0.5) is 0 Å². The second-order valence-electron chi connectivity index (χ2n) is 5.84. The van der Waals surface area contributed by atoms with Crippen LogP contribution in [0.2, 0.25) is 0 Å². The van der Waals surface area contributed by atoms with Gasteiger partial charge in [0.15, 0.2) is 6.29 Å². The largest absolute Gasteiger partial charge is 0.340 e. The standard InChI is InChI=1S/C20H25NO/c1-4-5-6-7-8-20-13-19(15-22)17(3)21(20)14-18-11-9-16(2)10-12-18/h7-13,15H,4-6,14H2,1-3H3/b8-7+. The second-order valence-corrected chi connectivity index (χ2v) is 5.84. The SMILES string of the molecule is CCCC/C=C/c1cc(C=O)c(C)n1Cc1ccc(C)cc1. The Morgan fingerprint density at radius 2 is 1.86 bits per heavy atom. The Morgan fingerprint density at radius 3 is 2.50 bits per heavy atom. The van der Waals surface area contributed by atoms with Gasteiger partial charge in [0.1, 0.15) is 0 Å². The Hall–Kier alpha value is -2.09. The maximum Gasteiger partial charge on any atom is 0.151 e. The zero-order valence-electron chi connectivity index (χ0n) is 13.8. The number of aryl methyl sites for hydroxylation is 1. The van der Waals surface area contributed by atoms with Gasteiger partial charge in [-0.3, -0.25) is 4.79 Å². The molecule has 0 aliphatic carbocycles. The van der Waals surface area contributed by atoms with Crippen molar-refractivity contribution in [3.63, 3.8) is 0 Å². The molecule has 22 heavy (non-hydrogen) atoms. The van der Waals surface area contributed by atoms with Crippen molar-refractivity contribution < 1.29 is 4.79 Å². The summed E-state index contributed by atoms with van der Waals surface area (Å²) >= 11 is 0. The summed E-state index contributed by atoms with van der Waals surface area (Å²) in [5, 5.41) is 0. The Balaban J connectivity index is 2.27. The van der Waals surface area contributed by atoms with Crippen LogP contribution in [0.15, 0.2) is 36.4 Å². The third-order valence-corrected chi connectivity index (χ3v) is 4.04. The number of hydrogen-bond donors (Lipinski definition) is 0. The van der Waals surface area contributed by atoms with Gasteiger partial charge in [0.25, 0.3) is 0 Å². The highest BCUT2D eigenvalue weighted by Gasteiger charge is 2.09. The molecule has 0 amide bonds. The molecular weight excluding hydrogens is 270 g/mol. The fraction of sp³-hybridized carbons (Fsp3) is 0.350. The van der Waals surface area contributed by atoms with Crippen LogP contribution >= 0.6 is 0 Å². The number of carbonyl (C=O) groups is 1. The van der Waals surface area contributed by atoms with Crippen molar-refractivity contribution in [2.75, 3.05) is 0 Å². The summed E-state index contributed by atoms with van der Waals surface area (Å²) in [6.45, 7) is 7.11. The minimum absolute atomic E-state index is 0.780. The Labute approximate surface area is 133 Å². The summed E-state index contributed by atoms with van der Waals surface area (Å²) in [6, 6.07) is 10.6. The number of benzene rings is 1. The Kier molecular flexibility index (Phi) is 5.76. The number of aromatic nitrogens is 1. The van der Waals surface area contributed by atoms with Gasteiger partial charge >= 0.3 is 0 Å². The molecule has 0 unspecified atom stereocenters. The summed E-state index contributed by atoms with van der Waals surface area (Å²) in [4.78, 5) is 11.2. The van der Waals surface area contributed by atoms with E-state index in [4.69, 9.17) is 0 Å². The van der Waals surface area contributed by atoms with Crippen molar-refractivity contribution in [1.29, 1.82) is 0 Å². The zero-order valence-corrected chi connectivity index (χ0v) is 13.8. The van der Waals surface area contributed by atoms with Crippen molar-refractivity contribution in [3.8, 4) is 0 Å². The fourth-order valence-corrected chi connectivity index (χ4v) is 2.56. The molecule has 0 aliphatic rings. The first kappa shape index (κ1) is 16.3. The maximum absolute atomic E-state index is 11.2. The molecule has 2 rings (SSSR count). The van der Waals surface area contributed by atoms with Gasteiger partial charge in [-0.2, -0.15) is 0 Å². The van der Waals surface area contributed by atoms with Gasteiger partial charge in [-0.05, 0) is 38.0 Å². The Morgan fingerprint density at radius 1 is 1.14 bits per heavy atom. The number of hydrogen-bond acceptors (Lipinski definition) is 1. The zero-order chi connectivity index (χ0) is 15.9. The second kappa shape index (κ2) is 7.79. The van der Waals surface area contributed by atoms with Crippen molar-refractivity contribution in [2.24, 2.45) is 0 Å². The first-order valence-corrected chi connectivity index (χ1v) is 8.03. The van der Waals surface area contributed by atoms with Crippen molar-refractivity contribution in [2.45, 2.75) is 46.6 Å². The number of aldehydes is 1. The molecule has 0 spiro atoms. The van der Waals surface area contributed by atoms with Crippen LogP contribution in [-0.2, 0) is 6.54 Å². The predicted octanol–water partition coefficient (Wildman–Crippen LogP) is 5.17. The van der Waals surface area contributed by atoms with E-state index in [0.29, 0.717) is 0 Å². The van der Waals surface area contributed by atoms with Gasteiger partial charge in [0, 0.05) is 23.5 Å². The molecular formula is C20H25NO. The van der Waals surface area contributed by atoms with Crippen LogP contribution < -0.4 is 0 Å². The molecule has 1 heterocycles.